The molecule has 0 amide bonds. The van der Waals surface area contributed by atoms with E-state index in [1.807, 2.05) is 0 Å². The molecule has 44 heavy (non-hydrogen) atoms. The van der Waals surface area contributed by atoms with Crippen LogP contribution >= 0.6 is 0 Å². The monoisotopic (exact) mass is 602 g/mol. The zero-order valence-corrected chi connectivity index (χ0v) is 28.3. The zero-order chi connectivity index (χ0) is 32.0. The summed E-state index contributed by atoms with van der Waals surface area (Å²) in [6, 6.07) is 6.89. The summed E-state index contributed by atoms with van der Waals surface area (Å²) in [6.45, 7) is 18.3. The van der Waals surface area contributed by atoms with E-state index in [1.165, 1.54) is 12.5 Å². The highest BCUT2D eigenvalue weighted by Crippen LogP contribution is 2.76. The molecule has 4 saturated carbocycles. The maximum atomic E-state index is 13.4. The third kappa shape index (κ3) is 4.12. The van der Waals surface area contributed by atoms with Crippen molar-refractivity contribution in [2.75, 3.05) is 0 Å². The van der Waals surface area contributed by atoms with Gasteiger partial charge in [-0.15, -0.1) is 0 Å². The van der Waals surface area contributed by atoms with Gasteiger partial charge in [0.05, 0.1) is 11.0 Å². The number of carboxylic acids is 1. The van der Waals surface area contributed by atoms with Crippen LogP contribution in [-0.4, -0.2) is 28.9 Å². The van der Waals surface area contributed by atoms with E-state index in [0.29, 0.717) is 34.8 Å². The molecule has 0 heterocycles. The van der Waals surface area contributed by atoms with Crippen LogP contribution in [0.2, 0.25) is 0 Å². The normalized spacial score (nSPS) is 44.1. The molecule has 6 rings (SSSR count). The average Bonchev–Trinajstić information content (AvgIpc) is 2.98. The summed E-state index contributed by atoms with van der Waals surface area (Å²) < 4.78 is 6.33. The first kappa shape index (κ1) is 31.5. The molecule has 0 radical (unpaired) electrons. The van der Waals surface area contributed by atoms with E-state index in [0.717, 1.165) is 57.8 Å². The van der Waals surface area contributed by atoms with Crippen LogP contribution in [0.15, 0.2) is 35.9 Å². The van der Waals surface area contributed by atoms with Gasteiger partial charge in [-0.25, -0.2) is 4.79 Å². The second-order valence-corrected chi connectivity index (χ2v) is 16.9. The fourth-order valence-corrected chi connectivity index (χ4v) is 12.0. The molecule has 4 fully saturated rings. The van der Waals surface area contributed by atoms with E-state index in [2.05, 4.69) is 54.5 Å². The summed E-state index contributed by atoms with van der Waals surface area (Å²) >= 11 is 0. The number of aliphatic carboxylic acids is 1. The molecule has 0 aliphatic heterocycles. The van der Waals surface area contributed by atoms with E-state index >= 15 is 0 Å². The van der Waals surface area contributed by atoms with Crippen LogP contribution in [-0.2, 0) is 9.53 Å². The van der Waals surface area contributed by atoms with Crippen LogP contribution in [0.1, 0.15) is 134 Å². The van der Waals surface area contributed by atoms with Crippen molar-refractivity contribution in [3.63, 3.8) is 0 Å². The lowest BCUT2D eigenvalue weighted by atomic mass is 9.32. The fraction of sp³-hybridized carbons (Fsp3) is 0.718. The van der Waals surface area contributed by atoms with Crippen LogP contribution in [0.4, 0.5) is 0 Å². The van der Waals surface area contributed by atoms with Crippen LogP contribution < -0.4 is 0 Å². The second-order valence-electron chi connectivity index (χ2n) is 16.9. The number of Topliss-reactive ketones (excluding diaryl/α,β-unsaturated/α-hetero) is 1. The number of benzene rings is 1. The minimum absolute atomic E-state index is 0.0356. The first-order valence-electron chi connectivity index (χ1n) is 17.3. The van der Waals surface area contributed by atoms with Gasteiger partial charge in [-0.2, -0.15) is 0 Å². The number of esters is 1. The van der Waals surface area contributed by atoms with Crippen LogP contribution in [0.25, 0.3) is 0 Å². The van der Waals surface area contributed by atoms with Gasteiger partial charge >= 0.3 is 11.9 Å². The van der Waals surface area contributed by atoms with Gasteiger partial charge in [0.15, 0.2) is 5.78 Å². The van der Waals surface area contributed by atoms with E-state index in [1.54, 1.807) is 24.3 Å². The fourth-order valence-electron chi connectivity index (χ4n) is 12.0. The molecule has 5 heteroatoms. The third-order valence-corrected chi connectivity index (χ3v) is 15.4. The van der Waals surface area contributed by atoms with Gasteiger partial charge in [0.2, 0.25) is 0 Å². The molecule has 0 spiro atoms. The second kappa shape index (κ2) is 10.3. The Labute approximate surface area is 264 Å². The Hall–Kier alpha value is -2.43. The molecule has 5 nitrogen and oxygen atoms in total. The predicted octanol–water partition coefficient (Wildman–Crippen LogP) is 9.16. The largest absolute Gasteiger partial charge is 0.481 e. The summed E-state index contributed by atoms with van der Waals surface area (Å²) in [5.41, 5.74) is 1.78. The highest BCUT2D eigenvalue weighted by atomic mass is 16.5. The molecule has 0 unspecified atom stereocenters. The molecular weight excluding hydrogens is 548 g/mol. The predicted molar refractivity (Wildman–Crippen MR) is 172 cm³/mol. The van der Waals surface area contributed by atoms with Crippen molar-refractivity contribution in [2.24, 2.45) is 56.7 Å². The average molecular weight is 603 g/mol. The van der Waals surface area contributed by atoms with E-state index < -0.39 is 11.4 Å². The van der Waals surface area contributed by atoms with Crippen LogP contribution in [0.5, 0.6) is 0 Å². The first-order chi connectivity index (χ1) is 20.5. The maximum Gasteiger partial charge on any atom is 0.338 e. The number of ether oxygens (including phenoxy) is 1. The number of ketones is 1. The quantitative estimate of drug-likeness (QED) is 0.211. The first-order valence-corrected chi connectivity index (χ1v) is 17.3. The van der Waals surface area contributed by atoms with Gasteiger partial charge < -0.3 is 9.84 Å². The van der Waals surface area contributed by atoms with Crippen molar-refractivity contribution >= 4 is 17.7 Å². The van der Waals surface area contributed by atoms with Crippen molar-refractivity contribution in [3.8, 4) is 0 Å². The van der Waals surface area contributed by atoms with Crippen molar-refractivity contribution in [1.82, 2.24) is 0 Å². The zero-order valence-electron chi connectivity index (χ0n) is 28.3. The third-order valence-electron chi connectivity index (χ3n) is 15.4. The summed E-state index contributed by atoms with van der Waals surface area (Å²) in [4.78, 5) is 38.3. The summed E-state index contributed by atoms with van der Waals surface area (Å²) in [5, 5.41) is 10.6. The lowest BCUT2D eigenvalue weighted by molar-refractivity contribution is -0.238. The Bertz CT molecular complexity index is 1410. The molecule has 1 aromatic rings. The van der Waals surface area contributed by atoms with Crippen molar-refractivity contribution in [1.29, 1.82) is 0 Å². The molecule has 0 aromatic heterocycles. The van der Waals surface area contributed by atoms with Gasteiger partial charge in [-0.05, 0) is 123 Å². The number of carbonyl (C=O) groups excluding carboxylic acids is 2. The van der Waals surface area contributed by atoms with Gasteiger partial charge in [-0.1, -0.05) is 72.2 Å². The number of hydrogen-bond donors (Lipinski definition) is 1. The molecular formula is C39H54O5. The molecule has 10 atom stereocenters. The summed E-state index contributed by atoms with van der Waals surface area (Å²) in [5.74, 6) is 1.05. The minimum atomic E-state index is -0.599. The Balaban J connectivity index is 1.31. The number of allylic oxidation sites excluding steroid dienone is 2. The van der Waals surface area contributed by atoms with Gasteiger partial charge in [0.1, 0.15) is 6.10 Å². The SMILES string of the molecule is CC(=O)c1cccc(C(=O)O[C@H]2CC[C@]3(C)[C@H]4CC=C5[C@@H]6[C@@H](C)[C@H](C)CC[C@]6(C(=O)O)CC[C@@H]5[C@]4(C)CC[C@@]3(C)C2(C)C)c1. The van der Waals surface area contributed by atoms with Gasteiger partial charge in [-0.3, -0.25) is 9.59 Å². The Morgan fingerprint density at radius 3 is 2.25 bits per heavy atom. The summed E-state index contributed by atoms with van der Waals surface area (Å²) in [6.07, 6.45) is 11.0. The highest BCUT2D eigenvalue weighted by molar-refractivity contribution is 5.97. The molecule has 0 saturated heterocycles. The van der Waals surface area contributed by atoms with E-state index in [-0.39, 0.29) is 45.4 Å². The molecule has 5 aliphatic rings. The van der Waals surface area contributed by atoms with Gasteiger partial charge in [0, 0.05) is 11.0 Å². The molecule has 240 valence electrons. The summed E-state index contributed by atoms with van der Waals surface area (Å²) in [7, 11) is 0. The van der Waals surface area contributed by atoms with Crippen LogP contribution in [0, 0.1) is 56.7 Å². The van der Waals surface area contributed by atoms with Crippen molar-refractivity contribution < 1.29 is 24.2 Å². The number of carbonyl (C=O) groups is 3. The number of fused-ring (bicyclic) bond motifs is 7. The smallest absolute Gasteiger partial charge is 0.338 e. The van der Waals surface area contributed by atoms with E-state index in [9.17, 15) is 19.5 Å². The number of rotatable bonds is 4. The Morgan fingerprint density at radius 2 is 1.57 bits per heavy atom. The molecule has 1 N–H and O–H groups in total. The van der Waals surface area contributed by atoms with Crippen molar-refractivity contribution in [2.45, 2.75) is 119 Å². The Kier molecular flexibility index (Phi) is 7.38. The van der Waals surface area contributed by atoms with Crippen molar-refractivity contribution in [3.05, 3.63) is 47.0 Å². The standard InChI is InChI=1S/C39H54O5/c1-23-14-18-39(34(42)43)19-15-29-28(32(39)24(23)2)12-13-30-36(29,6)20-21-38(8)35(4,5)31(16-17-37(30,38)7)44-33(41)27-11-9-10-26(22-27)25(3)40/h9-12,22-24,29-32H,13-21H2,1-8H3,(H,42,43)/t23-,24+,29+,30+,31+,32+,36+,37-,38+,39+/m1/s1. The van der Waals surface area contributed by atoms with Gasteiger partial charge in [0.25, 0.3) is 0 Å². The lowest BCUT2D eigenvalue weighted by Crippen LogP contribution is -2.67. The number of hydrogen-bond acceptors (Lipinski definition) is 4. The van der Waals surface area contributed by atoms with E-state index in [4.69, 9.17) is 4.74 Å². The number of carboxylic acid groups (broad SMARTS) is 1. The topological polar surface area (TPSA) is 80.7 Å². The Morgan fingerprint density at radius 1 is 0.886 bits per heavy atom. The lowest BCUT2D eigenvalue weighted by Gasteiger charge is -2.72. The highest BCUT2D eigenvalue weighted by Gasteiger charge is 2.70. The maximum absolute atomic E-state index is 13.4. The van der Waals surface area contributed by atoms with Crippen LogP contribution in [0.3, 0.4) is 0 Å². The molecule has 0 bridgehead atoms. The molecule has 5 aliphatic carbocycles. The molecule has 1 aromatic carbocycles. The minimum Gasteiger partial charge on any atom is -0.481 e.